The highest BCUT2D eigenvalue weighted by molar-refractivity contribution is 5.24. The van der Waals surface area contributed by atoms with Crippen LogP contribution in [-0.2, 0) is 4.74 Å². The van der Waals surface area contributed by atoms with Crippen molar-refractivity contribution in [2.75, 3.05) is 6.61 Å². The van der Waals surface area contributed by atoms with Gasteiger partial charge in [0.05, 0.1) is 12.4 Å². The van der Waals surface area contributed by atoms with E-state index in [9.17, 15) is 0 Å². The quantitative estimate of drug-likeness (QED) is 0.516. The topological polar surface area (TPSA) is 9.23 Å². The van der Waals surface area contributed by atoms with Gasteiger partial charge in [0.25, 0.3) is 0 Å². The fourth-order valence-corrected chi connectivity index (χ4v) is 3.43. The molecule has 1 spiro atoms. The van der Waals surface area contributed by atoms with Crippen molar-refractivity contribution in [2.24, 2.45) is 17.3 Å². The number of ether oxygens (including phenoxy) is 1. The summed E-state index contributed by atoms with van der Waals surface area (Å²) in [5.74, 6) is 2.64. The summed E-state index contributed by atoms with van der Waals surface area (Å²) in [6.45, 7) is 5.00. The van der Waals surface area contributed by atoms with Gasteiger partial charge >= 0.3 is 0 Å². The molecule has 2 aliphatic carbocycles. The Morgan fingerprint density at radius 1 is 1.46 bits per heavy atom. The van der Waals surface area contributed by atoms with Gasteiger partial charge < -0.3 is 4.74 Å². The van der Waals surface area contributed by atoms with Crippen molar-refractivity contribution in [3.8, 4) is 0 Å². The first-order valence-electron chi connectivity index (χ1n) is 5.32. The molecule has 13 heavy (non-hydrogen) atoms. The van der Waals surface area contributed by atoms with Gasteiger partial charge in [-0.1, -0.05) is 18.7 Å². The van der Waals surface area contributed by atoms with Crippen LogP contribution in [-0.4, -0.2) is 6.61 Å². The van der Waals surface area contributed by atoms with E-state index in [1.165, 1.54) is 25.7 Å². The van der Waals surface area contributed by atoms with Crippen molar-refractivity contribution in [3.63, 3.8) is 0 Å². The second kappa shape index (κ2) is 2.40. The van der Waals surface area contributed by atoms with Gasteiger partial charge in [-0.3, -0.25) is 0 Å². The fraction of sp³-hybridized carbons (Fsp3) is 0.667. The first-order chi connectivity index (χ1) is 6.31. The lowest BCUT2D eigenvalue weighted by molar-refractivity contribution is 0.0498. The minimum Gasteiger partial charge on any atom is -0.498 e. The number of allylic oxidation sites excluding steroid dienone is 3. The Morgan fingerprint density at radius 2 is 2.38 bits per heavy atom. The van der Waals surface area contributed by atoms with Crippen LogP contribution in [0.5, 0.6) is 0 Å². The predicted octanol–water partition coefficient (Wildman–Crippen LogP) is 2.89. The maximum atomic E-state index is 5.64. The molecule has 70 valence electrons. The molecule has 1 heterocycles. The van der Waals surface area contributed by atoms with Crippen molar-refractivity contribution in [1.29, 1.82) is 0 Å². The Kier molecular flexibility index (Phi) is 1.42. The van der Waals surface area contributed by atoms with Crippen molar-refractivity contribution in [2.45, 2.75) is 25.7 Å². The normalized spacial score (nSPS) is 47.2. The van der Waals surface area contributed by atoms with Gasteiger partial charge in [0.2, 0.25) is 0 Å². The lowest BCUT2D eigenvalue weighted by atomic mass is 9.70. The molecule has 1 saturated heterocycles. The van der Waals surface area contributed by atoms with Gasteiger partial charge in [0.1, 0.15) is 0 Å². The zero-order chi connectivity index (χ0) is 8.89. The van der Waals surface area contributed by atoms with Crippen molar-refractivity contribution >= 4 is 0 Å². The molecule has 3 rings (SSSR count). The molecular weight excluding hydrogens is 160 g/mol. The molecule has 0 aromatic carbocycles. The van der Waals surface area contributed by atoms with Crippen LogP contribution in [0.2, 0.25) is 0 Å². The van der Waals surface area contributed by atoms with Crippen molar-refractivity contribution in [3.05, 3.63) is 24.5 Å². The van der Waals surface area contributed by atoms with E-state index in [2.05, 4.69) is 18.7 Å². The highest BCUT2D eigenvalue weighted by Gasteiger charge is 2.51. The third-order valence-electron chi connectivity index (χ3n) is 4.11. The fourth-order valence-electron chi connectivity index (χ4n) is 3.43. The minimum atomic E-state index is 0.345. The van der Waals surface area contributed by atoms with E-state index >= 15 is 0 Å². The first-order valence-corrected chi connectivity index (χ1v) is 5.32. The summed E-state index contributed by atoms with van der Waals surface area (Å²) < 4.78 is 5.64. The average Bonchev–Trinajstić information content (AvgIpc) is 2.70. The molecule has 1 saturated carbocycles. The highest BCUT2D eigenvalue weighted by Crippen LogP contribution is 2.59. The van der Waals surface area contributed by atoms with E-state index in [0.29, 0.717) is 5.41 Å². The Morgan fingerprint density at radius 3 is 3.00 bits per heavy atom. The zero-order valence-corrected chi connectivity index (χ0v) is 7.96. The molecule has 3 atom stereocenters. The molecule has 0 amide bonds. The predicted molar refractivity (Wildman–Crippen MR) is 52.1 cm³/mol. The minimum absolute atomic E-state index is 0.345. The van der Waals surface area contributed by atoms with E-state index < -0.39 is 0 Å². The molecule has 3 unspecified atom stereocenters. The van der Waals surface area contributed by atoms with Crippen molar-refractivity contribution in [1.82, 2.24) is 0 Å². The molecule has 1 nitrogen and oxygen atoms in total. The summed E-state index contributed by atoms with van der Waals surface area (Å²) in [6, 6.07) is 0. The lowest BCUT2D eigenvalue weighted by Crippen LogP contribution is -2.33. The van der Waals surface area contributed by atoms with Gasteiger partial charge in [0.15, 0.2) is 0 Å². The molecule has 1 aliphatic heterocycles. The molecule has 1 heteroatoms. The molecule has 0 radical (unpaired) electrons. The Hall–Kier alpha value is -0.720. The lowest BCUT2D eigenvalue weighted by Gasteiger charge is -2.40. The second-order valence-electron chi connectivity index (χ2n) is 4.72. The maximum absolute atomic E-state index is 5.64. The molecule has 2 fully saturated rings. The second-order valence-corrected chi connectivity index (χ2v) is 4.72. The van der Waals surface area contributed by atoms with Crippen LogP contribution in [0, 0.1) is 17.3 Å². The standard InChI is InChI=1S/C12H16O/c1-9-12(5-2-6-13-9)8-10-3-4-11(12)7-10/h3-4,10-11H,1-2,5-8H2. The van der Waals surface area contributed by atoms with Crippen LogP contribution in [0.25, 0.3) is 0 Å². The highest BCUT2D eigenvalue weighted by atomic mass is 16.5. The largest absolute Gasteiger partial charge is 0.498 e. The number of rotatable bonds is 0. The van der Waals surface area contributed by atoms with E-state index in [-0.39, 0.29) is 0 Å². The summed E-state index contributed by atoms with van der Waals surface area (Å²) in [5.41, 5.74) is 0.345. The molecule has 0 N–H and O–H groups in total. The van der Waals surface area contributed by atoms with Gasteiger partial charge in [-0.05, 0) is 37.5 Å². The summed E-state index contributed by atoms with van der Waals surface area (Å²) >= 11 is 0. The Labute approximate surface area is 79.5 Å². The van der Waals surface area contributed by atoms with Gasteiger partial charge in [-0.15, -0.1) is 0 Å². The summed E-state index contributed by atoms with van der Waals surface area (Å²) in [7, 11) is 0. The SMILES string of the molecule is C=C1OCCCC12CC1C=CC2C1. The van der Waals surface area contributed by atoms with Crippen LogP contribution in [0.1, 0.15) is 25.7 Å². The van der Waals surface area contributed by atoms with E-state index in [4.69, 9.17) is 4.74 Å². The van der Waals surface area contributed by atoms with E-state index in [1.54, 1.807) is 0 Å². The monoisotopic (exact) mass is 176 g/mol. The number of hydrogen-bond acceptors (Lipinski definition) is 1. The third-order valence-corrected chi connectivity index (χ3v) is 4.11. The van der Waals surface area contributed by atoms with E-state index in [1.807, 2.05) is 0 Å². The number of fused-ring (bicyclic) bond motifs is 3. The van der Waals surface area contributed by atoms with Crippen LogP contribution in [0.3, 0.4) is 0 Å². The first kappa shape index (κ1) is 7.66. The third kappa shape index (κ3) is 0.877. The molecule has 0 aromatic rings. The van der Waals surface area contributed by atoms with Gasteiger partial charge in [0, 0.05) is 5.41 Å². The van der Waals surface area contributed by atoms with Crippen LogP contribution >= 0.6 is 0 Å². The van der Waals surface area contributed by atoms with Gasteiger partial charge in [-0.25, -0.2) is 0 Å². The molecule has 3 aliphatic rings. The van der Waals surface area contributed by atoms with Gasteiger partial charge in [-0.2, -0.15) is 0 Å². The Balaban J connectivity index is 1.96. The Bertz CT molecular complexity index is 279. The average molecular weight is 176 g/mol. The van der Waals surface area contributed by atoms with E-state index in [0.717, 1.165) is 24.2 Å². The summed E-state index contributed by atoms with van der Waals surface area (Å²) in [6.07, 6.45) is 9.95. The van der Waals surface area contributed by atoms with Crippen molar-refractivity contribution < 1.29 is 4.74 Å². The smallest absolute Gasteiger partial charge is 0.0955 e. The molecule has 0 aromatic heterocycles. The zero-order valence-electron chi connectivity index (χ0n) is 7.96. The number of hydrogen-bond donors (Lipinski definition) is 0. The summed E-state index contributed by atoms with van der Waals surface area (Å²) in [4.78, 5) is 0. The molecule has 2 bridgehead atoms. The van der Waals surface area contributed by atoms with Crippen LogP contribution in [0.15, 0.2) is 24.5 Å². The van der Waals surface area contributed by atoms with Crippen LogP contribution in [0.4, 0.5) is 0 Å². The molecular formula is C12H16O. The van der Waals surface area contributed by atoms with Crippen LogP contribution < -0.4 is 0 Å². The maximum Gasteiger partial charge on any atom is 0.0955 e. The summed E-state index contributed by atoms with van der Waals surface area (Å²) in [5, 5.41) is 0.